The summed E-state index contributed by atoms with van der Waals surface area (Å²) in [6.45, 7) is 0.446. The molecule has 0 aromatic heterocycles. The SMILES string of the molecule is Fc1ccc(NC(=S)N/N=C\c2cccc(OCc3ccc(Cl)cc3)c2)cc1. The average molecular weight is 414 g/mol. The molecule has 3 rings (SSSR count). The predicted molar refractivity (Wildman–Crippen MR) is 116 cm³/mol. The van der Waals surface area contributed by atoms with Crippen LogP contribution >= 0.6 is 23.8 Å². The molecule has 0 amide bonds. The zero-order valence-electron chi connectivity index (χ0n) is 14.7. The second-order valence-electron chi connectivity index (χ2n) is 5.82. The van der Waals surface area contributed by atoms with Gasteiger partial charge in [-0.15, -0.1) is 0 Å². The summed E-state index contributed by atoms with van der Waals surface area (Å²) in [5, 5.41) is 8.02. The molecule has 0 spiro atoms. The lowest BCUT2D eigenvalue weighted by molar-refractivity contribution is 0.306. The Morgan fingerprint density at radius 2 is 1.82 bits per heavy atom. The van der Waals surface area contributed by atoms with Gasteiger partial charge in [0.05, 0.1) is 6.21 Å². The van der Waals surface area contributed by atoms with Crippen LogP contribution in [-0.4, -0.2) is 11.3 Å². The van der Waals surface area contributed by atoms with Gasteiger partial charge in [0.1, 0.15) is 18.2 Å². The van der Waals surface area contributed by atoms with E-state index in [1.165, 1.54) is 12.1 Å². The Hall–Kier alpha value is -2.96. The number of benzene rings is 3. The molecule has 0 saturated heterocycles. The number of hydrogen-bond donors (Lipinski definition) is 2. The van der Waals surface area contributed by atoms with Gasteiger partial charge in [-0.1, -0.05) is 35.9 Å². The smallest absolute Gasteiger partial charge is 0.191 e. The minimum Gasteiger partial charge on any atom is -0.489 e. The highest BCUT2D eigenvalue weighted by Gasteiger charge is 1.99. The lowest BCUT2D eigenvalue weighted by Crippen LogP contribution is -2.23. The van der Waals surface area contributed by atoms with Crippen molar-refractivity contribution in [3.05, 3.63) is 94.8 Å². The topological polar surface area (TPSA) is 45.7 Å². The highest BCUT2D eigenvalue weighted by Crippen LogP contribution is 2.16. The van der Waals surface area contributed by atoms with Gasteiger partial charge in [0, 0.05) is 10.7 Å². The highest BCUT2D eigenvalue weighted by atomic mass is 35.5. The standard InChI is InChI=1S/C21H17ClFN3OS/c22-17-6-4-15(5-7-17)14-27-20-3-1-2-16(12-20)13-24-26-21(28)25-19-10-8-18(23)9-11-19/h1-13H,14H2,(H2,25,26,28)/b24-13-. The van der Waals surface area contributed by atoms with E-state index in [0.29, 0.717) is 22.4 Å². The van der Waals surface area contributed by atoms with E-state index in [0.717, 1.165) is 16.9 Å². The quantitative estimate of drug-likeness (QED) is 0.323. The molecule has 0 unspecified atom stereocenters. The molecule has 0 bridgehead atoms. The molecule has 4 nitrogen and oxygen atoms in total. The third-order valence-electron chi connectivity index (χ3n) is 3.66. The fourth-order valence-corrected chi connectivity index (χ4v) is 2.59. The number of rotatable bonds is 6. The third-order valence-corrected chi connectivity index (χ3v) is 4.10. The minimum absolute atomic E-state index is 0.304. The highest BCUT2D eigenvalue weighted by molar-refractivity contribution is 7.80. The molecule has 0 aliphatic carbocycles. The Kier molecular flexibility index (Phi) is 6.94. The second-order valence-corrected chi connectivity index (χ2v) is 6.66. The van der Waals surface area contributed by atoms with Crippen LogP contribution in [0.15, 0.2) is 77.9 Å². The van der Waals surface area contributed by atoms with Gasteiger partial charge >= 0.3 is 0 Å². The number of halogens is 2. The van der Waals surface area contributed by atoms with E-state index in [4.69, 9.17) is 28.6 Å². The maximum Gasteiger partial charge on any atom is 0.191 e. The molecule has 0 heterocycles. The summed E-state index contributed by atoms with van der Waals surface area (Å²) in [5.74, 6) is 0.423. The molecule has 0 aliphatic rings. The van der Waals surface area contributed by atoms with Crippen LogP contribution in [0, 0.1) is 5.82 Å². The van der Waals surface area contributed by atoms with Crippen LogP contribution < -0.4 is 15.5 Å². The maximum absolute atomic E-state index is 12.9. The van der Waals surface area contributed by atoms with Gasteiger partial charge in [-0.05, 0) is 71.9 Å². The Bertz CT molecular complexity index is 962. The first-order valence-electron chi connectivity index (χ1n) is 8.41. The molecular formula is C21H17ClFN3OS. The number of nitrogens with one attached hydrogen (secondary N) is 2. The van der Waals surface area contributed by atoms with Crippen molar-refractivity contribution >= 4 is 40.8 Å². The van der Waals surface area contributed by atoms with Gasteiger partial charge in [0.15, 0.2) is 5.11 Å². The maximum atomic E-state index is 12.9. The first-order chi connectivity index (χ1) is 13.6. The number of ether oxygens (including phenoxy) is 1. The van der Waals surface area contributed by atoms with Crippen LogP contribution in [0.25, 0.3) is 0 Å². The van der Waals surface area contributed by atoms with E-state index >= 15 is 0 Å². The fourth-order valence-electron chi connectivity index (χ4n) is 2.29. The normalized spacial score (nSPS) is 10.6. The Morgan fingerprint density at radius 1 is 1.07 bits per heavy atom. The number of anilines is 1. The van der Waals surface area contributed by atoms with Crippen molar-refractivity contribution < 1.29 is 9.13 Å². The molecule has 0 fully saturated rings. The van der Waals surface area contributed by atoms with Gasteiger partial charge < -0.3 is 10.1 Å². The minimum atomic E-state index is -0.305. The third kappa shape index (κ3) is 6.33. The lowest BCUT2D eigenvalue weighted by Gasteiger charge is -2.08. The van der Waals surface area contributed by atoms with Crippen molar-refractivity contribution in [1.29, 1.82) is 0 Å². The zero-order chi connectivity index (χ0) is 19.8. The van der Waals surface area contributed by atoms with Crippen molar-refractivity contribution in [3.8, 4) is 5.75 Å². The van der Waals surface area contributed by atoms with E-state index in [-0.39, 0.29) is 5.82 Å². The van der Waals surface area contributed by atoms with Crippen molar-refractivity contribution in [1.82, 2.24) is 5.43 Å². The van der Waals surface area contributed by atoms with Crippen LogP contribution in [0.5, 0.6) is 5.75 Å². The van der Waals surface area contributed by atoms with Gasteiger partial charge in [-0.2, -0.15) is 5.10 Å². The molecule has 0 atom stereocenters. The summed E-state index contributed by atoms with van der Waals surface area (Å²) in [6, 6.07) is 20.9. The van der Waals surface area contributed by atoms with Crippen LogP contribution in [0.4, 0.5) is 10.1 Å². The fraction of sp³-hybridized carbons (Fsp3) is 0.0476. The van der Waals surface area contributed by atoms with E-state index in [1.807, 2.05) is 48.5 Å². The van der Waals surface area contributed by atoms with Crippen molar-refractivity contribution in [2.75, 3.05) is 5.32 Å². The second kappa shape index (κ2) is 9.82. The van der Waals surface area contributed by atoms with E-state index < -0.39 is 0 Å². The summed E-state index contributed by atoms with van der Waals surface area (Å²) in [5.41, 5.74) is 5.27. The zero-order valence-corrected chi connectivity index (χ0v) is 16.3. The molecule has 7 heteroatoms. The number of hydrazone groups is 1. The van der Waals surface area contributed by atoms with E-state index in [1.54, 1.807) is 18.3 Å². The van der Waals surface area contributed by atoms with Crippen molar-refractivity contribution in [3.63, 3.8) is 0 Å². The Balaban J connectivity index is 1.51. The molecule has 0 radical (unpaired) electrons. The summed E-state index contributed by atoms with van der Waals surface area (Å²) >= 11 is 11.0. The Labute approximate surface area is 173 Å². The molecule has 2 N–H and O–H groups in total. The number of nitrogens with zero attached hydrogens (tertiary/aromatic N) is 1. The molecular weight excluding hydrogens is 397 g/mol. The molecule has 3 aromatic carbocycles. The average Bonchev–Trinajstić information content (AvgIpc) is 2.70. The van der Waals surface area contributed by atoms with Gasteiger partial charge in [-0.3, -0.25) is 5.43 Å². The monoisotopic (exact) mass is 413 g/mol. The van der Waals surface area contributed by atoms with E-state index in [2.05, 4.69) is 15.8 Å². The van der Waals surface area contributed by atoms with Crippen LogP contribution in [0.1, 0.15) is 11.1 Å². The van der Waals surface area contributed by atoms with Crippen molar-refractivity contribution in [2.45, 2.75) is 6.61 Å². The summed E-state index contributed by atoms with van der Waals surface area (Å²) in [4.78, 5) is 0. The van der Waals surface area contributed by atoms with Crippen molar-refractivity contribution in [2.24, 2.45) is 5.10 Å². The van der Waals surface area contributed by atoms with Gasteiger partial charge in [0.2, 0.25) is 0 Å². The largest absolute Gasteiger partial charge is 0.489 e. The Morgan fingerprint density at radius 3 is 2.57 bits per heavy atom. The van der Waals surface area contributed by atoms with Crippen LogP contribution in [-0.2, 0) is 6.61 Å². The van der Waals surface area contributed by atoms with Crippen LogP contribution in [0.3, 0.4) is 0 Å². The predicted octanol–water partition coefficient (Wildman–Crippen LogP) is 5.38. The molecule has 0 aliphatic heterocycles. The van der Waals surface area contributed by atoms with E-state index in [9.17, 15) is 4.39 Å². The molecule has 0 saturated carbocycles. The lowest BCUT2D eigenvalue weighted by atomic mass is 10.2. The number of thiocarbonyl (C=S) groups is 1. The summed E-state index contributed by atoms with van der Waals surface area (Å²) in [6.07, 6.45) is 1.63. The number of hydrogen-bond acceptors (Lipinski definition) is 3. The molecule has 142 valence electrons. The first kappa shape index (κ1) is 19.8. The first-order valence-corrected chi connectivity index (χ1v) is 9.20. The summed E-state index contributed by atoms with van der Waals surface area (Å²) in [7, 11) is 0. The van der Waals surface area contributed by atoms with Gasteiger partial charge in [-0.25, -0.2) is 4.39 Å². The molecule has 28 heavy (non-hydrogen) atoms. The molecule has 3 aromatic rings. The van der Waals surface area contributed by atoms with Gasteiger partial charge in [0.25, 0.3) is 0 Å². The van der Waals surface area contributed by atoms with Crippen LogP contribution in [0.2, 0.25) is 5.02 Å². The summed E-state index contributed by atoms with van der Waals surface area (Å²) < 4.78 is 18.7.